The monoisotopic (exact) mass is 322 g/mol. The lowest BCUT2D eigenvalue weighted by atomic mass is 9.98. The van der Waals surface area contributed by atoms with E-state index in [0.717, 1.165) is 32.5 Å². The normalized spacial score (nSPS) is 13.5. The van der Waals surface area contributed by atoms with Gasteiger partial charge in [-0.2, -0.15) is 0 Å². The average molecular weight is 323 g/mol. The van der Waals surface area contributed by atoms with Gasteiger partial charge in [0, 0.05) is 11.6 Å². The zero-order chi connectivity index (χ0) is 16.0. The molecule has 3 nitrogen and oxygen atoms in total. The zero-order valence-electron chi connectivity index (χ0n) is 12.6. The molecule has 0 aliphatic heterocycles. The summed E-state index contributed by atoms with van der Waals surface area (Å²) in [5, 5.41) is 5.18. The van der Waals surface area contributed by atoms with Crippen LogP contribution in [0.5, 0.6) is 0 Å². The number of hydrogen-bond acceptors (Lipinski definition) is 3. The molecule has 0 spiro atoms. The van der Waals surface area contributed by atoms with Crippen LogP contribution in [0.4, 0.5) is 11.6 Å². The first kappa shape index (κ1) is 14.1. The van der Waals surface area contributed by atoms with Crippen LogP contribution >= 0.6 is 11.6 Å². The Morgan fingerprint density at radius 1 is 1.00 bits per heavy atom. The number of anilines is 1. The van der Waals surface area contributed by atoms with Crippen molar-refractivity contribution in [2.75, 3.05) is 5.73 Å². The lowest BCUT2D eigenvalue weighted by Gasteiger charge is -2.06. The van der Waals surface area contributed by atoms with Gasteiger partial charge in [-0.25, -0.2) is 0 Å². The number of nitrogens with two attached hydrogens (primary N) is 1. The smallest absolute Gasteiger partial charge is 0.217 e. The topological polar surface area (TPSA) is 51.5 Å². The Morgan fingerprint density at radius 3 is 2.22 bits per heavy atom. The number of rotatable bonds is 2. The van der Waals surface area contributed by atoms with Gasteiger partial charge in [0.15, 0.2) is 0 Å². The number of fused-ring (bicyclic) bond motifs is 6. The van der Waals surface area contributed by atoms with Gasteiger partial charge >= 0.3 is 0 Å². The highest BCUT2D eigenvalue weighted by molar-refractivity contribution is 6.29. The maximum absolute atomic E-state index is 6.10. The molecule has 4 rings (SSSR count). The maximum atomic E-state index is 6.10. The number of nitrogens with zero attached hydrogens (tertiary/aromatic N) is 1. The van der Waals surface area contributed by atoms with Crippen LogP contribution in [0.15, 0.2) is 57.9 Å². The molecule has 114 valence electrons. The number of alkyl halides is 1. The molecule has 1 aromatic heterocycles. The van der Waals surface area contributed by atoms with E-state index in [1.54, 1.807) is 6.21 Å². The highest BCUT2D eigenvalue weighted by atomic mass is 35.5. The summed E-state index contributed by atoms with van der Waals surface area (Å²) in [6.07, 6.45) is 1.67. The number of benzene rings is 3. The van der Waals surface area contributed by atoms with Gasteiger partial charge in [0.1, 0.15) is 11.3 Å². The Labute approximate surface area is 138 Å². The van der Waals surface area contributed by atoms with Crippen molar-refractivity contribution in [3.05, 3.63) is 48.5 Å². The van der Waals surface area contributed by atoms with Crippen molar-refractivity contribution >= 4 is 61.9 Å². The Bertz CT molecular complexity index is 1060. The maximum Gasteiger partial charge on any atom is 0.217 e. The summed E-state index contributed by atoms with van der Waals surface area (Å²) in [5.74, 6) is 0.315. The molecule has 0 aliphatic rings. The van der Waals surface area contributed by atoms with Crippen LogP contribution in [-0.2, 0) is 0 Å². The Morgan fingerprint density at radius 2 is 1.57 bits per heavy atom. The van der Waals surface area contributed by atoms with Crippen molar-refractivity contribution in [2.24, 2.45) is 4.99 Å². The largest absolute Gasteiger partial charge is 0.438 e. The lowest BCUT2D eigenvalue weighted by Crippen LogP contribution is -1.90. The van der Waals surface area contributed by atoms with E-state index in [-0.39, 0.29) is 5.38 Å². The second-order valence-electron chi connectivity index (χ2n) is 5.57. The first-order valence-electron chi connectivity index (χ1n) is 7.46. The van der Waals surface area contributed by atoms with Crippen LogP contribution in [-0.4, -0.2) is 11.6 Å². The molecule has 4 heteroatoms. The second kappa shape index (κ2) is 5.28. The minimum atomic E-state index is -0.175. The standard InChI is InChI=1S/C19H15ClN2O/c1-11(20)10-22-17-16-14-8-4-2-6-12(14)13-7-3-5-9-15(13)18(16)23-19(17)21/h2-11H,21H2,1H3. The third-order valence-electron chi connectivity index (χ3n) is 3.98. The molecular weight excluding hydrogens is 308 g/mol. The van der Waals surface area contributed by atoms with Gasteiger partial charge in [-0.1, -0.05) is 48.5 Å². The van der Waals surface area contributed by atoms with Crippen LogP contribution in [0, 0.1) is 0 Å². The van der Waals surface area contributed by atoms with Crippen molar-refractivity contribution in [2.45, 2.75) is 12.3 Å². The highest BCUT2D eigenvalue weighted by Crippen LogP contribution is 2.44. The summed E-state index contributed by atoms with van der Waals surface area (Å²) in [6, 6.07) is 16.4. The van der Waals surface area contributed by atoms with E-state index in [4.69, 9.17) is 21.8 Å². The summed E-state index contributed by atoms with van der Waals surface area (Å²) >= 11 is 5.99. The number of nitrogen functional groups attached to an aromatic ring is 1. The minimum Gasteiger partial charge on any atom is -0.438 e. The van der Waals surface area contributed by atoms with Crippen LogP contribution in [0.1, 0.15) is 6.92 Å². The van der Waals surface area contributed by atoms with Gasteiger partial charge in [0.05, 0.1) is 10.8 Å². The molecule has 1 heterocycles. The van der Waals surface area contributed by atoms with Gasteiger partial charge in [-0.3, -0.25) is 4.99 Å². The van der Waals surface area contributed by atoms with Crippen molar-refractivity contribution in [3.63, 3.8) is 0 Å². The fourth-order valence-corrected chi connectivity index (χ4v) is 3.09. The summed E-state index contributed by atoms with van der Waals surface area (Å²) < 4.78 is 5.87. The van der Waals surface area contributed by atoms with E-state index < -0.39 is 0 Å². The summed E-state index contributed by atoms with van der Waals surface area (Å²) in [5.41, 5.74) is 7.52. The van der Waals surface area contributed by atoms with E-state index in [1.165, 1.54) is 0 Å². The molecule has 23 heavy (non-hydrogen) atoms. The minimum absolute atomic E-state index is 0.175. The van der Waals surface area contributed by atoms with Crippen molar-refractivity contribution in [1.29, 1.82) is 0 Å². The number of halogens is 1. The molecule has 0 radical (unpaired) electrons. The van der Waals surface area contributed by atoms with E-state index in [2.05, 4.69) is 23.2 Å². The molecule has 0 bridgehead atoms. The van der Waals surface area contributed by atoms with Gasteiger partial charge in [-0.05, 0) is 23.1 Å². The summed E-state index contributed by atoms with van der Waals surface area (Å²) in [4.78, 5) is 4.47. The predicted octanol–water partition coefficient (Wildman–Crippen LogP) is 5.65. The molecule has 0 saturated carbocycles. The quantitative estimate of drug-likeness (QED) is 0.294. The SMILES string of the molecule is CC(Cl)C=Nc1c(N)oc2c3ccccc3c3ccccc3c12. The van der Waals surface area contributed by atoms with Gasteiger partial charge in [-0.15, -0.1) is 11.6 Å². The molecule has 0 fully saturated rings. The Hall–Kier alpha value is -2.52. The van der Waals surface area contributed by atoms with Crippen molar-refractivity contribution < 1.29 is 4.42 Å². The third kappa shape index (κ3) is 2.16. The molecular formula is C19H15ClN2O. The van der Waals surface area contributed by atoms with Crippen LogP contribution in [0.25, 0.3) is 32.5 Å². The van der Waals surface area contributed by atoms with Crippen molar-refractivity contribution in [3.8, 4) is 0 Å². The Kier molecular flexibility index (Phi) is 3.24. The molecule has 0 saturated heterocycles. The fraction of sp³-hybridized carbons (Fsp3) is 0.105. The molecule has 1 unspecified atom stereocenters. The first-order chi connectivity index (χ1) is 11.2. The molecule has 4 aromatic rings. The number of furan rings is 1. The van der Waals surface area contributed by atoms with E-state index in [1.807, 2.05) is 37.3 Å². The molecule has 3 aromatic carbocycles. The average Bonchev–Trinajstić information content (AvgIpc) is 2.90. The molecule has 2 N–H and O–H groups in total. The zero-order valence-corrected chi connectivity index (χ0v) is 13.3. The molecule has 0 amide bonds. The van der Waals surface area contributed by atoms with E-state index in [9.17, 15) is 0 Å². The molecule has 0 aliphatic carbocycles. The summed E-state index contributed by atoms with van der Waals surface area (Å²) in [7, 11) is 0. The van der Waals surface area contributed by atoms with Gasteiger partial charge < -0.3 is 10.2 Å². The first-order valence-corrected chi connectivity index (χ1v) is 7.90. The van der Waals surface area contributed by atoms with E-state index >= 15 is 0 Å². The second-order valence-corrected chi connectivity index (χ2v) is 6.25. The van der Waals surface area contributed by atoms with E-state index in [0.29, 0.717) is 11.6 Å². The highest BCUT2D eigenvalue weighted by Gasteiger charge is 2.18. The number of hydrogen-bond donors (Lipinski definition) is 1. The van der Waals surface area contributed by atoms with Crippen molar-refractivity contribution in [1.82, 2.24) is 0 Å². The predicted molar refractivity (Wildman–Crippen MR) is 99.1 cm³/mol. The van der Waals surface area contributed by atoms with Gasteiger partial charge in [0.25, 0.3) is 0 Å². The molecule has 1 atom stereocenters. The number of aliphatic imine (C=N–C) groups is 1. The third-order valence-corrected chi connectivity index (χ3v) is 4.09. The summed E-state index contributed by atoms with van der Waals surface area (Å²) in [6.45, 7) is 1.86. The van der Waals surface area contributed by atoms with Crippen LogP contribution < -0.4 is 5.73 Å². The van der Waals surface area contributed by atoms with Crippen LogP contribution in [0.2, 0.25) is 0 Å². The lowest BCUT2D eigenvalue weighted by molar-refractivity contribution is 0.641. The van der Waals surface area contributed by atoms with Gasteiger partial charge in [0.2, 0.25) is 5.88 Å². The van der Waals surface area contributed by atoms with Crippen LogP contribution in [0.3, 0.4) is 0 Å². The Balaban J connectivity index is 2.24. The fourth-order valence-electron chi connectivity index (χ4n) is 3.04.